The zero-order chi connectivity index (χ0) is 8.97. The molecule has 1 rings (SSSR count). The summed E-state index contributed by atoms with van der Waals surface area (Å²) < 4.78 is 0. The second-order valence-electron chi connectivity index (χ2n) is 3.78. The summed E-state index contributed by atoms with van der Waals surface area (Å²) in [4.78, 5) is 4.77. The van der Waals surface area contributed by atoms with E-state index in [9.17, 15) is 0 Å². The highest BCUT2D eigenvalue weighted by atomic mass is 16.3. The minimum absolute atomic E-state index is 0.148. The van der Waals surface area contributed by atoms with Gasteiger partial charge in [-0.05, 0) is 20.4 Å². The van der Waals surface area contributed by atoms with Crippen molar-refractivity contribution in [3.8, 4) is 0 Å². The summed E-state index contributed by atoms with van der Waals surface area (Å²) in [7, 11) is 2.16. The molecule has 1 heterocycles. The molecule has 0 amide bonds. The van der Waals surface area contributed by atoms with Crippen LogP contribution < -0.4 is 0 Å². The third kappa shape index (κ3) is 3.52. The van der Waals surface area contributed by atoms with E-state index in [4.69, 9.17) is 5.11 Å². The van der Waals surface area contributed by atoms with Gasteiger partial charge in [0, 0.05) is 32.7 Å². The molecule has 1 aliphatic heterocycles. The van der Waals surface area contributed by atoms with Crippen molar-refractivity contribution in [1.29, 1.82) is 0 Å². The number of likely N-dealkylation sites (N-methyl/N-ethyl adjacent to an activating group) is 1. The van der Waals surface area contributed by atoms with Crippen LogP contribution in [0.2, 0.25) is 0 Å². The first-order valence-electron chi connectivity index (χ1n) is 4.77. The topological polar surface area (TPSA) is 26.7 Å². The Balaban J connectivity index is 2.09. The van der Waals surface area contributed by atoms with Crippen LogP contribution >= 0.6 is 0 Å². The second-order valence-corrected chi connectivity index (χ2v) is 3.78. The minimum Gasteiger partial charge on any atom is -0.393 e. The van der Waals surface area contributed by atoms with Gasteiger partial charge in [-0.15, -0.1) is 0 Å². The Labute approximate surface area is 75.0 Å². The molecule has 0 aromatic rings. The zero-order valence-corrected chi connectivity index (χ0v) is 8.16. The molecular weight excluding hydrogens is 152 g/mol. The monoisotopic (exact) mass is 172 g/mol. The van der Waals surface area contributed by atoms with E-state index in [-0.39, 0.29) is 6.10 Å². The fourth-order valence-electron chi connectivity index (χ4n) is 1.44. The summed E-state index contributed by atoms with van der Waals surface area (Å²) >= 11 is 0. The number of aliphatic hydroxyl groups is 1. The fourth-order valence-corrected chi connectivity index (χ4v) is 1.44. The molecule has 0 aliphatic carbocycles. The lowest BCUT2D eigenvalue weighted by molar-refractivity contribution is 0.120. The molecule has 0 aromatic heterocycles. The van der Waals surface area contributed by atoms with Gasteiger partial charge in [-0.2, -0.15) is 0 Å². The van der Waals surface area contributed by atoms with Crippen LogP contribution in [0.25, 0.3) is 0 Å². The first-order chi connectivity index (χ1) is 5.68. The van der Waals surface area contributed by atoms with E-state index < -0.39 is 0 Å². The van der Waals surface area contributed by atoms with Crippen molar-refractivity contribution in [2.75, 3.05) is 39.8 Å². The van der Waals surface area contributed by atoms with Crippen molar-refractivity contribution in [3.63, 3.8) is 0 Å². The lowest BCUT2D eigenvalue weighted by Gasteiger charge is -2.32. The third-order valence-corrected chi connectivity index (χ3v) is 2.46. The van der Waals surface area contributed by atoms with Crippen LogP contribution in [0, 0.1) is 0 Å². The van der Waals surface area contributed by atoms with Gasteiger partial charge in [-0.1, -0.05) is 0 Å². The molecule has 1 saturated heterocycles. The van der Waals surface area contributed by atoms with Crippen molar-refractivity contribution >= 4 is 0 Å². The third-order valence-electron chi connectivity index (χ3n) is 2.46. The number of piperazine rings is 1. The van der Waals surface area contributed by atoms with E-state index in [0.717, 1.165) is 26.1 Å². The fraction of sp³-hybridized carbons (Fsp3) is 1.00. The SMILES string of the molecule is CC(O)CCN1CCN(C)CC1. The summed E-state index contributed by atoms with van der Waals surface area (Å²) in [6.07, 6.45) is 0.758. The Morgan fingerprint density at radius 1 is 1.25 bits per heavy atom. The molecule has 1 N–H and O–H groups in total. The maximum atomic E-state index is 9.10. The van der Waals surface area contributed by atoms with Gasteiger partial charge in [0.15, 0.2) is 0 Å². The summed E-state index contributed by atoms with van der Waals surface area (Å²) in [5.41, 5.74) is 0. The average molecular weight is 172 g/mol. The van der Waals surface area contributed by atoms with Gasteiger partial charge in [0.05, 0.1) is 6.10 Å². The van der Waals surface area contributed by atoms with Crippen LogP contribution in [0.1, 0.15) is 13.3 Å². The Hall–Kier alpha value is -0.120. The van der Waals surface area contributed by atoms with E-state index in [2.05, 4.69) is 16.8 Å². The summed E-state index contributed by atoms with van der Waals surface area (Å²) in [6.45, 7) is 7.55. The smallest absolute Gasteiger partial charge is 0.0524 e. The van der Waals surface area contributed by atoms with E-state index in [1.165, 1.54) is 13.1 Å². The zero-order valence-electron chi connectivity index (χ0n) is 8.16. The quantitative estimate of drug-likeness (QED) is 0.649. The lowest BCUT2D eigenvalue weighted by Crippen LogP contribution is -2.45. The molecule has 1 fully saturated rings. The van der Waals surface area contributed by atoms with Gasteiger partial charge in [-0.3, -0.25) is 0 Å². The van der Waals surface area contributed by atoms with Gasteiger partial charge < -0.3 is 14.9 Å². The number of aliphatic hydroxyl groups excluding tert-OH is 1. The largest absolute Gasteiger partial charge is 0.393 e. The van der Waals surface area contributed by atoms with Crippen LogP contribution in [0.15, 0.2) is 0 Å². The highest BCUT2D eigenvalue weighted by Crippen LogP contribution is 2.01. The molecule has 0 bridgehead atoms. The number of hydrogen-bond acceptors (Lipinski definition) is 3. The van der Waals surface area contributed by atoms with E-state index in [0.29, 0.717) is 0 Å². The van der Waals surface area contributed by atoms with Gasteiger partial charge >= 0.3 is 0 Å². The molecule has 0 radical (unpaired) electrons. The van der Waals surface area contributed by atoms with Crippen molar-refractivity contribution in [2.45, 2.75) is 19.4 Å². The highest BCUT2D eigenvalue weighted by molar-refractivity contribution is 4.69. The molecule has 1 aliphatic rings. The average Bonchev–Trinajstić information content (AvgIpc) is 2.03. The molecule has 0 spiro atoms. The predicted octanol–water partition coefficient (Wildman–Crippen LogP) is 0.00470. The Morgan fingerprint density at radius 2 is 1.83 bits per heavy atom. The molecule has 0 saturated carbocycles. The van der Waals surface area contributed by atoms with Crippen molar-refractivity contribution in [3.05, 3.63) is 0 Å². The highest BCUT2D eigenvalue weighted by Gasteiger charge is 2.13. The van der Waals surface area contributed by atoms with E-state index in [1.807, 2.05) is 6.92 Å². The molecule has 3 heteroatoms. The maximum absolute atomic E-state index is 9.10. The lowest BCUT2D eigenvalue weighted by atomic mass is 10.2. The number of nitrogens with zero attached hydrogens (tertiary/aromatic N) is 2. The first kappa shape index (κ1) is 9.96. The number of rotatable bonds is 3. The molecule has 1 atom stereocenters. The Bertz CT molecular complexity index is 120. The van der Waals surface area contributed by atoms with Crippen molar-refractivity contribution < 1.29 is 5.11 Å². The summed E-state index contributed by atoms with van der Waals surface area (Å²) in [6, 6.07) is 0. The molecule has 0 aromatic carbocycles. The maximum Gasteiger partial charge on any atom is 0.0524 e. The van der Waals surface area contributed by atoms with Crippen LogP contribution in [0.3, 0.4) is 0 Å². The van der Waals surface area contributed by atoms with Gasteiger partial charge in [0.2, 0.25) is 0 Å². The molecule has 1 unspecified atom stereocenters. The van der Waals surface area contributed by atoms with Gasteiger partial charge in [-0.25, -0.2) is 0 Å². The standard InChI is InChI=1S/C9H20N2O/c1-9(12)3-4-11-7-5-10(2)6-8-11/h9,12H,3-8H2,1-2H3. The second kappa shape index (κ2) is 4.80. The normalized spacial score (nSPS) is 24.2. The van der Waals surface area contributed by atoms with Crippen LogP contribution in [-0.2, 0) is 0 Å². The molecule has 72 valence electrons. The van der Waals surface area contributed by atoms with Crippen LogP contribution in [-0.4, -0.2) is 60.8 Å². The van der Waals surface area contributed by atoms with Crippen LogP contribution in [0.4, 0.5) is 0 Å². The summed E-state index contributed by atoms with van der Waals surface area (Å²) in [5, 5.41) is 9.10. The van der Waals surface area contributed by atoms with E-state index in [1.54, 1.807) is 0 Å². The van der Waals surface area contributed by atoms with E-state index >= 15 is 0 Å². The Morgan fingerprint density at radius 3 is 2.33 bits per heavy atom. The van der Waals surface area contributed by atoms with Gasteiger partial charge in [0.25, 0.3) is 0 Å². The van der Waals surface area contributed by atoms with Crippen LogP contribution in [0.5, 0.6) is 0 Å². The summed E-state index contributed by atoms with van der Waals surface area (Å²) in [5.74, 6) is 0. The van der Waals surface area contributed by atoms with Crippen molar-refractivity contribution in [1.82, 2.24) is 9.80 Å². The minimum atomic E-state index is -0.148. The van der Waals surface area contributed by atoms with Crippen molar-refractivity contribution in [2.24, 2.45) is 0 Å². The molecular formula is C9H20N2O. The predicted molar refractivity (Wildman–Crippen MR) is 50.2 cm³/mol. The number of hydrogen-bond donors (Lipinski definition) is 1. The molecule has 12 heavy (non-hydrogen) atoms. The first-order valence-corrected chi connectivity index (χ1v) is 4.77. The molecule has 3 nitrogen and oxygen atoms in total. The Kier molecular flexibility index (Phi) is 3.98. The van der Waals surface area contributed by atoms with Gasteiger partial charge in [0.1, 0.15) is 0 Å².